The van der Waals surface area contributed by atoms with Gasteiger partial charge in [0.25, 0.3) is 0 Å². The Kier molecular flexibility index (Phi) is 4.61. The van der Waals surface area contributed by atoms with Gasteiger partial charge in [0.2, 0.25) is 11.9 Å². The number of benzene rings is 2. The van der Waals surface area contributed by atoms with Gasteiger partial charge in [0, 0.05) is 5.69 Å². The summed E-state index contributed by atoms with van der Waals surface area (Å²) in [5.41, 5.74) is 14.4. The molecule has 5 nitrogen and oxygen atoms in total. The van der Waals surface area contributed by atoms with Crippen LogP contribution in [0.15, 0.2) is 64.6 Å². The molecule has 1 aliphatic rings. The first kappa shape index (κ1) is 16.8. The summed E-state index contributed by atoms with van der Waals surface area (Å²) in [4.78, 5) is 10.3. The van der Waals surface area contributed by atoms with Crippen molar-refractivity contribution < 1.29 is 0 Å². The fourth-order valence-electron chi connectivity index (χ4n) is 2.71. The van der Waals surface area contributed by atoms with E-state index in [0.717, 1.165) is 16.8 Å². The van der Waals surface area contributed by atoms with Crippen LogP contribution in [0.3, 0.4) is 0 Å². The fraction of sp³-hybridized carbons (Fsp3) is 0.176. The largest absolute Gasteiger partial charge is 0.369 e. The van der Waals surface area contributed by atoms with E-state index in [4.69, 9.17) is 11.5 Å². The lowest BCUT2D eigenvalue weighted by atomic mass is 10.0. The monoisotopic (exact) mass is 329 g/mol. The molecule has 0 unspecified atom stereocenters. The highest BCUT2D eigenvalue weighted by atomic mass is 35.5. The normalized spacial score (nSPS) is 16.2. The maximum atomic E-state index is 6.08. The van der Waals surface area contributed by atoms with Crippen molar-refractivity contribution in [2.45, 2.75) is 19.5 Å². The lowest BCUT2D eigenvalue weighted by Gasteiger charge is -2.38. The molecule has 0 aromatic heterocycles. The average molecular weight is 330 g/mol. The second-order valence-corrected chi connectivity index (χ2v) is 5.69. The molecule has 0 radical (unpaired) electrons. The summed E-state index contributed by atoms with van der Waals surface area (Å²) < 4.78 is 0. The molecule has 0 atom stereocenters. The Labute approximate surface area is 142 Å². The summed E-state index contributed by atoms with van der Waals surface area (Å²) in [7, 11) is 0. The molecule has 0 saturated heterocycles. The maximum absolute atomic E-state index is 6.08. The first-order valence-electron chi connectivity index (χ1n) is 7.12. The Hall–Kier alpha value is -2.53. The average Bonchev–Trinajstić information content (AvgIpc) is 2.46. The van der Waals surface area contributed by atoms with E-state index < -0.39 is 5.66 Å². The van der Waals surface area contributed by atoms with Crippen LogP contribution in [0.2, 0.25) is 0 Å². The second kappa shape index (κ2) is 6.30. The Morgan fingerprint density at radius 3 is 2.22 bits per heavy atom. The van der Waals surface area contributed by atoms with E-state index in [1.54, 1.807) is 0 Å². The minimum absolute atomic E-state index is 0. The number of nitrogens with two attached hydrogens (primary N) is 2. The van der Waals surface area contributed by atoms with Crippen molar-refractivity contribution in [3.63, 3.8) is 0 Å². The smallest absolute Gasteiger partial charge is 0.220 e. The highest BCUT2D eigenvalue weighted by Gasteiger charge is 2.32. The van der Waals surface area contributed by atoms with Crippen LogP contribution in [0.4, 0.5) is 5.69 Å². The van der Waals surface area contributed by atoms with Crippen molar-refractivity contribution in [2.75, 3.05) is 4.90 Å². The molecule has 0 amide bonds. The Morgan fingerprint density at radius 1 is 0.913 bits per heavy atom. The Bertz CT molecular complexity index is 753. The van der Waals surface area contributed by atoms with Crippen LogP contribution in [0.1, 0.15) is 13.8 Å². The van der Waals surface area contributed by atoms with Crippen molar-refractivity contribution in [3.8, 4) is 11.1 Å². The molecule has 0 fully saturated rings. The van der Waals surface area contributed by atoms with E-state index in [1.807, 2.05) is 49.1 Å². The van der Waals surface area contributed by atoms with Gasteiger partial charge in [-0.3, -0.25) is 4.90 Å². The summed E-state index contributed by atoms with van der Waals surface area (Å²) in [6.07, 6.45) is 0. The molecular weight excluding hydrogens is 310 g/mol. The molecule has 0 bridgehead atoms. The molecule has 2 aromatic rings. The van der Waals surface area contributed by atoms with Gasteiger partial charge >= 0.3 is 0 Å². The standard InChI is InChI=1S/C17H19N5.ClH/c1-17(2)21-15(18)20-16(19)22(17)14-10-6-9-13(11-14)12-7-4-3-5-8-12;/h3-11H,1-2H3,(H4,18,19,20,21);1H. The van der Waals surface area contributed by atoms with Crippen molar-refractivity contribution in [2.24, 2.45) is 21.5 Å². The van der Waals surface area contributed by atoms with E-state index in [1.165, 1.54) is 0 Å². The van der Waals surface area contributed by atoms with Gasteiger partial charge in [-0.2, -0.15) is 4.99 Å². The number of guanidine groups is 2. The molecule has 1 heterocycles. The number of anilines is 1. The van der Waals surface area contributed by atoms with E-state index in [0.29, 0.717) is 5.96 Å². The minimum Gasteiger partial charge on any atom is -0.369 e. The molecule has 0 saturated carbocycles. The highest BCUT2D eigenvalue weighted by molar-refractivity contribution is 6.05. The second-order valence-electron chi connectivity index (χ2n) is 5.69. The topological polar surface area (TPSA) is 80.0 Å². The molecule has 120 valence electrons. The van der Waals surface area contributed by atoms with Crippen LogP contribution in [0.25, 0.3) is 11.1 Å². The fourth-order valence-corrected chi connectivity index (χ4v) is 2.71. The van der Waals surface area contributed by atoms with Crippen LogP contribution in [-0.2, 0) is 0 Å². The van der Waals surface area contributed by atoms with Gasteiger partial charge in [-0.05, 0) is 37.1 Å². The predicted molar refractivity (Wildman–Crippen MR) is 98.9 cm³/mol. The number of halogens is 1. The summed E-state index contributed by atoms with van der Waals surface area (Å²) in [6, 6.07) is 18.3. The number of rotatable bonds is 2. The highest BCUT2D eigenvalue weighted by Crippen LogP contribution is 2.30. The molecule has 0 spiro atoms. The SMILES string of the molecule is CC1(C)N=C(N)N=C(N)N1c1cccc(-c2ccccc2)c1.Cl. The zero-order valence-electron chi connectivity index (χ0n) is 13.1. The lowest BCUT2D eigenvalue weighted by molar-refractivity contribution is 0.534. The summed E-state index contributed by atoms with van der Waals surface area (Å²) in [5, 5.41) is 0. The first-order chi connectivity index (χ1) is 10.5. The van der Waals surface area contributed by atoms with Crippen molar-refractivity contribution in [3.05, 3.63) is 54.6 Å². The van der Waals surface area contributed by atoms with Crippen LogP contribution in [0.5, 0.6) is 0 Å². The Morgan fingerprint density at radius 2 is 1.57 bits per heavy atom. The van der Waals surface area contributed by atoms with Crippen LogP contribution in [-0.4, -0.2) is 17.6 Å². The molecule has 0 aliphatic carbocycles. The molecular formula is C17H20ClN5. The quantitative estimate of drug-likeness (QED) is 0.888. The van der Waals surface area contributed by atoms with E-state index in [9.17, 15) is 0 Å². The van der Waals surface area contributed by atoms with Gasteiger partial charge in [-0.15, -0.1) is 12.4 Å². The number of nitrogens with zero attached hydrogens (tertiary/aromatic N) is 3. The molecule has 3 rings (SSSR count). The third-order valence-corrected chi connectivity index (χ3v) is 3.61. The first-order valence-corrected chi connectivity index (χ1v) is 7.12. The van der Waals surface area contributed by atoms with E-state index in [-0.39, 0.29) is 18.4 Å². The van der Waals surface area contributed by atoms with Gasteiger partial charge in [0.15, 0.2) is 0 Å². The van der Waals surface area contributed by atoms with E-state index in [2.05, 4.69) is 34.3 Å². The molecule has 4 N–H and O–H groups in total. The number of hydrogen-bond donors (Lipinski definition) is 2. The van der Waals surface area contributed by atoms with E-state index >= 15 is 0 Å². The molecule has 1 aliphatic heterocycles. The third kappa shape index (κ3) is 3.29. The molecule has 6 heteroatoms. The van der Waals surface area contributed by atoms with Gasteiger partial charge in [0.1, 0.15) is 5.66 Å². The number of aliphatic imine (C=N–C) groups is 2. The van der Waals surface area contributed by atoms with Crippen LogP contribution >= 0.6 is 12.4 Å². The van der Waals surface area contributed by atoms with Gasteiger partial charge in [-0.1, -0.05) is 42.5 Å². The summed E-state index contributed by atoms with van der Waals surface area (Å²) in [5.74, 6) is 0.556. The van der Waals surface area contributed by atoms with Gasteiger partial charge in [-0.25, -0.2) is 4.99 Å². The van der Waals surface area contributed by atoms with Crippen molar-refractivity contribution in [1.82, 2.24) is 0 Å². The lowest BCUT2D eigenvalue weighted by Crippen LogP contribution is -2.54. The number of hydrogen-bond acceptors (Lipinski definition) is 5. The van der Waals surface area contributed by atoms with Crippen molar-refractivity contribution >= 4 is 30.0 Å². The van der Waals surface area contributed by atoms with Gasteiger partial charge in [0.05, 0.1) is 0 Å². The maximum Gasteiger partial charge on any atom is 0.220 e. The van der Waals surface area contributed by atoms with Crippen molar-refractivity contribution in [1.29, 1.82) is 0 Å². The minimum atomic E-state index is -0.578. The third-order valence-electron chi connectivity index (χ3n) is 3.61. The zero-order chi connectivity index (χ0) is 15.7. The summed E-state index contributed by atoms with van der Waals surface area (Å²) in [6.45, 7) is 3.91. The summed E-state index contributed by atoms with van der Waals surface area (Å²) >= 11 is 0. The molecule has 23 heavy (non-hydrogen) atoms. The van der Waals surface area contributed by atoms with Gasteiger partial charge < -0.3 is 11.5 Å². The molecule has 2 aromatic carbocycles. The van der Waals surface area contributed by atoms with Crippen LogP contribution < -0.4 is 16.4 Å². The Balaban J connectivity index is 0.00000192. The zero-order valence-corrected chi connectivity index (χ0v) is 13.9. The predicted octanol–water partition coefficient (Wildman–Crippen LogP) is 2.96. The van der Waals surface area contributed by atoms with Crippen LogP contribution in [0, 0.1) is 0 Å².